The van der Waals surface area contributed by atoms with Crippen LogP contribution in [0.1, 0.15) is 52.8 Å². The Hall–Kier alpha value is -2.97. The minimum Gasteiger partial charge on any atom is -0.394 e. The predicted molar refractivity (Wildman–Crippen MR) is 119 cm³/mol. The molecule has 0 fully saturated rings. The third-order valence-corrected chi connectivity index (χ3v) is 6.40. The summed E-state index contributed by atoms with van der Waals surface area (Å²) in [5.74, 6) is 0.547. The van der Waals surface area contributed by atoms with Crippen LogP contribution in [-0.2, 0) is 19.1 Å². The molecule has 3 aromatic rings. The first-order valence-corrected chi connectivity index (χ1v) is 10.9. The molecule has 1 aliphatic rings. The van der Waals surface area contributed by atoms with E-state index in [9.17, 15) is 23.1 Å². The standard InChI is InChI=1S/C25H26F3N3O2/c1-16(18-8-10-20(11-9-18)25(26,27)28)30-13-12-22-21(14-30)24(33)31(17(2)29-22)23(15-32)19-6-4-3-5-7-19/h3-11,16,23,32H,12-15H2,1-2H3/t16-,23?/m0/s1. The maximum absolute atomic E-state index is 13.5. The molecule has 1 N–H and O–H groups in total. The number of hydrogen-bond acceptors (Lipinski definition) is 4. The van der Waals surface area contributed by atoms with E-state index >= 15 is 0 Å². The van der Waals surface area contributed by atoms with E-state index in [2.05, 4.69) is 9.88 Å². The van der Waals surface area contributed by atoms with Gasteiger partial charge in [-0.2, -0.15) is 13.2 Å². The fraction of sp³-hybridized carbons (Fsp3) is 0.360. The van der Waals surface area contributed by atoms with Gasteiger partial charge in [-0.1, -0.05) is 42.5 Å². The van der Waals surface area contributed by atoms with Gasteiger partial charge in [0.2, 0.25) is 0 Å². The lowest BCUT2D eigenvalue weighted by molar-refractivity contribution is -0.137. The van der Waals surface area contributed by atoms with E-state index in [1.165, 1.54) is 12.1 Å². The Morgan fingerprint density at radius 1 is 1.06 bits per heavy atom. The first-order chi connectivity index (χ1) is 15.7. The monoisotopic (exact) mass is 457 g/mol. The fourth-order valence-electron chi connectivity index (χ4n) is 4.50. The number of aliphatic hydroxyl groups excluding tert-OH is 1. The van der Waals surface area contributed by atoms with Gasteiger partial charge in [-0.15, -0.1) is 0 Å². The van der Waals surface area contributed by atoms with E-state index in [4.69, 9.17) is 0 Å². The first kappa shape index (κ1) is 23.2. The second-order valence-electron chi connectivity index (χ2n) is 8.38. The zero-order valence-corrected chi connectivity index (χ0v) is 18.5. The molecule has 1 aromatic heterocycles. The Morgan fingerprint density at radius 3 is 2.33 bits per heavy atom. The van der Waals surface area contributed by atoms with Crippen molar-refractivity contribution in [3.63, 3.8) is 0 Å². The molecule has 174 valence electrons. The highest BCUT2D eigenvalue weighted by Crippen LogP contribution is 2.32. The fourth-order valence-corrected chi connectivity index (χ4v) is 4.50. The normalized spacial score (nSPS) is 16.3. The van der Waals surface area contributed by atoms with Crippen LogP contribution in [0.5, 0.6) is 0 Å². The largest absolute Gasteiger partial charge is 0.416 e. The molecule has 2 atom stereocenters. The highest BCUT2D eigenvalue weighted by atomic mass is 19.4. The molecule has 4 rings (SSSR count). The zero-order chi connectivity index (χ0) is 23.8. The van der Waals surface area contributed by atoms with Gasteiger partial charge in [0.25, 0.3) is 5.56 Å². The summed E-state index contributed by atoms with van der Waals surface area (Å²) in [6.07, 6.45) is -3.80. The summed E-state index contributed by atoms with van der Waals surface area (Å²) in [6.45, 7) is 4.44. The van der Waals surface area contributed by atoms with Crippen molar-refractivity contribution in [1.82, 2.24) is 14.5 Å². The maximum atomic E-state index is 13.5. The zero-order valence-electron chi connectivity index (χ0n) is 18.5. The van der Waals surface area contributed by atoms with Crippen LogP contribution in [0.4, 0.5) is 13.2 Å². The van der Waals surface area contributed by atoms with Crippen molar-refractivity contribution in [2.24, 2.45) is 0 Å². The SMILES string of the molecule is Cc1nc2c(c(=O)n1C(CO)c1ccccc1)CN([C@@H](C)c1ccc(C(F)(F)F)cc1)CC2. The Balaban J connectivity index is 1.64. The summed E-state index contributed by atoms with van der Waals surface area (Å²) in [4.78, 5) is 20.3. The molecule has 0 saturated heterocycles. The predicted octanol–water partition coefficient (Wildman–Crippen LogP) is 4.27. The number of alkyl halides is 3. The number of rotatable bonds is 5. The Labute approximate surface area is 190 Å². The minimum atomic E-state index is -4.37. The topological polar surface area (TPSA) is 58.4 Å². The summed E-state index contributed by atoms with van der Waals surface area (Å²) < 4.78 is 40.2. The van der Waals surface area contributed by atoms with Gasteiger partial charge in [-0.25, -0.2) is 4.98 Å². The van der Waals surface area contributed by atoms with Crippen LogP contribution in [0.2, 0.25) is 0 Å². The number of aliphatic hydroxyl groups is 1. The van der Waals surface area contributed by atoms with E-state index < -0.39 is 17.8 Å². The minimum absolute atomic E-state index is 0.169. The quantitative estimate of drug-likeness (QED) is 0.622. The average Bonchev–Trinajstić information content (AvgIpc) is 2.81. The van der Waals surface area contributed by atoms with Crippen LogP contribution in [0.15, 0.2) is 59.4 Å². The molecule has 0 aliphatic carbocycles. The summed E-state index contributed by atoms with van der Waals surface area (Å²) in [5.41, 5.74) is 2.02. The number of nitrogens with zero attached hydrogens (tertiary/aromatic N) is 3. The summed E-state index contributed by atoms with van der Waals surface area (Å²) in [7, 11) is 0. The van der Waals surface area contributed by atoms with Crippen molar-refractivity contribution in [3.8, 4) is 0 Å². The Morgan fingerprint density at radius 2 is 1.73 bits per heavy atom. The number of benzene rings is 2. The van der Waals surface area contributed by atoms with Crippen LogP contribution >= 0.6 is 0 Å². The summed E-state index contributed by atoms with van der Waals surface area (Å²) in [6, 6.07) is 13.8. The van der Waals surface area contributed by atoms with E-state index in [1.807, 2.05) is 37.3 Å². The van der Waals surface area contributed by atoms with Gasteiger partial charge in [-0.3, -0.25) is 14.3 Å². The molecule has 1 aliphatic heterocycles. The number of aryl methyl sites for hydroxylation is 1. The number of halogens is 3. The van der Waals surface area contributed by atoms with Gasteiger partial charge in [0.15, 0.2) is 0 Å². The molecule has 2 aromatic carbocycles. The average molecular weight is 457 g/mol. The molecular weight excluding hydrogens is 431 g/mol. The van der Waals surface area contributed by atoms with Gasteiger partial charge < -0.3 is 5.11 Å². The van der Waals surface area contributed by atoms with Crippen LogP contribution in [0.25, 0.3) is 0 Å². The summed E-state index contributed by atoms with van der Waals surface area (Å²) in [5, 5.41) is 10.1. The molecule has 0 amide bonds. The molecule has 1 unspecified atom stereocenters. The molecule has 2 heterocycles. The number of hydrogen-bond donors (Lipinski definition) is 1. The van der Waals surface area contributed by atoms with Crippen molar-refractivity contribution in [1.29, 1.82) is 0 Å². The first-order valence-electron chi connectivity index (χ1n) is 10.9. The van der Waals surface area contributed by atoms with E-state index in [-0.39, 0.29) is 18.2 Å². The second kappa shape index (κ2) is 9.11. The second-order valence-corrected chi connectivity index (χ2v) is 8.38. The van der Waals surface area contributed by atoms with Crippen LogP contribution in [0, 0.1) is 6.92 Å². The Bertz CT molecular complexity index is 1170. The lowest BCUT2D eigenvalue weighted by Gasteiger charge is -2.34. The third kappa shape index (κ3) is 4.58. The molecule has 0 spiro atoms. The Kier molecular flexibility index (Phi) is 6.41. The van der Waals surface area contributed by atoms with Crippen molar-refractivity contribution in [2.75, 3.05) is 13.2 Å². The number of fused-ring (bicyclic) bond motifs is 1. The maximum Gasteiger partial charge on any atom is 0.416 e. The van der Waals surface area contributed by atoms with Crippen LogP contribution < -0.4 is 5.56 Å². The molecule has 8 heteroatoms. The van der Waals surface area contributed by atoms with Crippen molar-refractivity contribution < 1.29 is 18.3 Å². The van der Waals surface area contributed by atoms with Gasteiger partial charge in [0.1, 0.15) is 5.82 Å². The molecule has 0 radical (unpaired) electrons. The lowest BCUT2D eigenvalue weighted by atomic mass is 9.99. The molecule has 0 bridgehead atoms. The molecule has 5 nitrogen and oxygen atoms in total. The van der Waals surface area contributed by atoms with Gasteiger partial charge in [-0.05, 0) is 37.1 Å². The van der Waals surface area contributed by atoms with Crippen molar-refractivity contribution in [3.05, 3.63) is 98.7 Å². The van der Waals surface area contributed by atoms with E-state index in [1.54, 1.807) is 11.5 Å². The van der Waals surface area contributed by atoms with Gasteiger partial charge in [0.05, 0.1) is 29.5 Å². The van der Waals surface area contributed by atoms with E-state index in [0.29, 0.717) is 30.9 Å². The summed E-state index contributed by atoms with van der Waals surface area (Å²) >= 11 is 0. The third-order valence-electron chi connectivity index (χ3n) is 6.40. The highest BCUT2D eigenvalue weighted by Gasteiger charge is 2.31. The van der Waals surface area contributed by atoms with Gasteiger partial charge in [0, 0.05) is 25.6 Å². The van der Waals surface area contributed by atoms with Crippen LogP contribution in [0.3, 0.4) is 0 Å². The highest BCUT2D eigenvalue weighted by molar-refractivity contribution is 5.29. The number of aromatic nitrogens is 2. The van der Waals surface area contributed by atoms with Crippen LogP contribution in [-0.4, -0.2) is 32.7 Å². The molecular formula is C25H26F3N3O2. The van der Waals surface area contributed by atoms with Gasteiger partial charge >= 0.3 is 6.18 Å². The molecule has 33 heavy (non-hydrogen) atoms. The molecule has 0 saturated carbocycles. The lowest BCUT2D eigenvalue weighted by Crippen LogP contribution is -2.41. The van der Waals surface area contributed by atoms with Crippen molar-refractivity contribution in [2.45, 2.75) is 45.1 Å². The smallest absolute Gasteiger partial charge is 0.394 e. The van der Waals surface area contributed by atoms with E-state index in [0.717, 1.165) is 29.0 Å². The van der Waals surface area contributed by atoms with Crippen molar-refractivity contribution >= 4 is 0 Å².